The molecular formula is C23H18FN3O2S. The fourth-order valence-electron chi connectivity index (χ4n) is 3.24. The highest BCUT2D eigenvalue weighted by Crippen LogP contribution is 2.25. The largest absolute Gasteiger partial charge is 0.349 e. The predicted molar refractivity (Wildman–Crippen MR) is 117 cm³/mol. The number of benzene rings is 3. The third-order valence-corrected chi connectivity index (χ3v) is 5.00. The maximum atomic E-state index is 14.5. The molecule has 0 aromatic heterocycles. The molecule has 7 heteroatoms. The number of benzodiazepines with no additional fused rings is 1. The Hall–Kier alpha value is -3.45. The fourth-order valence-corrected chi connectivity index (χ4v) is 3.47. The summed E-state index contributed by atoms with van der Waals surface area (Å²) < 4.78 is 14.5. The van der Waals surface area contributed by atoms with E-state index in [9.17, 15) is 14.0 Å². The van der Waals surface area contributed by atoms with E-state index in [2.05, 4.69) is 28.3 Å². The zero-order valence-corrected chi connectivity index (χ0v) is 16.7. The van der Waals surface area contributed by atoms with Crippen LogP contribution in [0.4, 0.5) is 10.1 Å². The molecule has 0 saturated carbocycles. The maximum absolute atomic E-state index is 14.5. The van der Waals surface area contributed by atoms with Gasteiger partial charge in [-0.05, 0) is 36.4 Å². The van der Waals surface area contributed by atoms with Crippen LogP contribution < -0.4 is 10.6 Å². The van der Waals surface area contributed by atoms with Crippen molar-refractivity contribution in [3.8, 4) is 0 Å². The van der Waals surface area contributed by atoms with Gasteiger partial charge in [-0.2, -0.15) is 0 Å². The Morgan fingerprint density at radius 1 is 1.03 bits per heavy atom. The molecule has 2 N–H and O–H groups in total. The number of halogens is 1. The van der Waals surface area contributed by atoms with E-state index < -0.39 is 11.9 Å². The molecule has 150 valence electrons. The number of hydrogen-bond acceptors (Lipinski definition) is 4. The van der Waals surface area contributed by atoms with Crippen molar-refractivity contribution in [3.05, 3.63) is 95.3 Å². The lowest BCUT2D eigenvalue weighted by atomic mass is 10.00. The molecule has 3 aromatic rings. The summed E-state index contributed by atoms with van der Waals surface area (Å²) in [5.74, 6) is -1.16. The molecule has 4 rings (SSSR count). The van der Waals surface area contributed by atoms with E-state index >= 15 is 0 Å². The molecule has 2 amide bonds. The molecule has 1 unspecified atom stereocenters. The summed E-state index contributed by atoms with van der Waals surface area (Å²) in [5, 5.41) is 5.56. The van der Waals surface area contributed by atoms with Crippen LogP contribution in [0.2, 0.25) is 0 Å². The van der Waals surface area contributed by atoms with Gasteiger partial charge in [0.05, 0.1) is 11.4 Å². The summed E-state index contributed by atoms with van der Waals surface area (Å²) in [5.41, 5.74) is 2.24. The highest BCUT2D eigenvalue weighted by Gasteiger charge is 2.27. The van der Waals surface area contributed by atoms with Crippen molar-refractivity contribution < 1.29 is 14.0 Å². The fraction of sp³-hybridized carbons (Fsp3) is 0.0870. The monoisotopic (exact) mass is 419 g/mol. The van der Waals surface area contributed by atoms with Gasteiger partial charge in [0, 0.05) is 28.1 Å². The van der Waals surface area contributed by atoms with E-state index in [1.54, 1.807) is 66.7 Å². The van der Waals surface area contributed by atoms with Crippen molar-refractivity contribution in [1.29, 1.82) is 0 Å². The van der Waals surface area contributed by atoms with E-state index in [0.717, 1.165) is 0 Å². The third-order valence-electron chi connectivity index (χ3n) is 4.72. The Morgan fingerprint density at radius 3 is 2.53 bits per heavy atom. The van der Waals surface area contributed by atoms with Crippen molar-refractivity contribution in [2.75, 3.05) is 11.9 Å². The molecule has 0 bridgehead atoms. The Kier molecular flexibility index (Phi) is 5.63. The van der Waals surface area contributed by atoms with Crippen LogP contribution in [-0.2, 0) is 4.79 Å². The van der Waals surface area contributed by atoms with Crippen LogP contribution in [0, 0.1) is 5.82 Å². The number of thiol groups is 1. The number of fused-ring (bicyclic) bond motifs is 1. The highest BCUT2D eigenvalue weighted by atomic mass is 32.1. The lowest BCUT2D eigenvalue weighted by Crippen LogP contribution is -2.38. The van der Waals surface area contributed by atoms with Crippen LogP contribution >= 0.6 is 12.6 Å². The van der Waals surface area contributed by atoms with Gasteiger partial charge in [0.25, 0.3) is 11.8 Å². The molecule has 30 heavy (non-hydrogen) atoms. The first kappa shape index (κ1) is 19.8. The molecule has 0 spiro atoms. The zero-order chi connectivity index (χ0) is 21.1. The molecule has 0 aliphatic carbocycles. The molecule has 1 heterocycles. The molecular weight excluding hydrogens is 401 g/mol. The predicted octanol–water partition coefficient (Wildman–Crippen LogP) is 3.70. The van der Waals surface area contributed by atoms with Gasteiger partial charge in [-0.15, -0.1) is 12.6 Å². The van der Waals surface area contributed by atoms with Crippen molar-refractivity contribution in [1.82, 2.24) is 5.32 Å². The SMILES string of the molecule is O=C(NCC1N=C(c2ccccc2F)c2ccccc2NC1=O)c1cccc(S)c1. The second-order valence-electron chi connectivity index (χ2n) is 6.77. The van der Waals surface area contributed by atoms with Crippen molar-refractivity contribution >= 4 is 35.8 Å². The number of nitrogens with zero attached hydrogens (tertiary/aromatic N) is 1. The zero-order valence-electron chi connectivity index (χ0n) is 15.8. The third kappa shape index (κ3) is 4.11. The van der Waals surface area contributed by atoms with E-state index in [1.807, 2.05) is 0 Å². The van der Waals surface area contributed by atoms with Crippen molar-refractivity contribution in [2.45, 2.75) is 10.9 Å². The molecule has 0 saturated heterocycles. The quantitative estimate of drug-likeness (QED) is 0.565. The summed E-state index contributed by atoms with van der Waals surface area (Å²) in [6.45, 7) is -0.0343. The summed E-state index contributed by atoms with van der Waals surface area (Å²) >= 11 is 4.24. The Morgan fingerprint density at radius 2 is 1.77 bits per heavy atom. The average molecular weight is 419 g/mol. The first-order valence-electron chi connectivity index (χ1n) is 9.33. The van der Waals surface area contributed by atoms with Crippen LogP contribution in [0.3, 0.4) is 0 Å². The van der Waals surface area contributed by atoms with Crippen LogP contribution in [0.1, 0.15) is 21.5 Å². The van der Waals surface area contributed by atoms with E-state index in [0.29, 0.717) is 33.0 Å². The normalized spacial score (nSPS) is 15.5. The first-order valence-corrected chi connectivity index (χ1v) is 9.78. The lowest BCUT2D eigenvalue weighted by Gasteiger charge is -2.13. The van der Waals surface area contributed by atoms with E-state index in [4.69, 9.17) is 0 Å². The summed E-state index contributed by atoms with van der Waals surface area (Å²) in [4.78, 5) is 30.4. The number of hydrogen-bond donors (Lipinski definition) is 3. The number of nitrogens with one attached hydrogen (secondary N) is 2. The molecule has 0 fully saturated rings. The van der Waals surface area contributed by atoms with Crippen molar-refractivity contribution in [2.24, 2.45) is 4.99 Å². The minimum Gasteiger partial charge on any atom is -0.349 e. The molecule has 1 aliphatic rings. The summed E-state index contributed by atoms with van der Waals surface area (Å²) in [7, 11) is 0. The minimum atomic E-state index is -0.921. The van der Waals surface area contributed by atoms with Gasteiger partial charge < -0.3 is 10.6 Å². The summed E-state index contributed by atoms with van der Waals surface area (Å²) in [6.07, 6.45) is 0. The number of rotatable bonds is 4. The first-order chi connectivity index (χ1) is 14.5. The molecule has 0 radical (unpaired) electrons. The number of carbonyl (C=O) groups excluding carboxylic acids is 2. The number of amides is 2. The Labute approximate surface area is 178 Å². The van der Waals surface area contributed by atoms with Gasteiger partial charge in [0.15, 0.2) is 0 Å². The topological polar surface area (TPSA) is 70.6 Å². The smallest absolute Gasteiger partial charge is 0.251 e. The average Bonchev–Trinajstić information content (AvgIpc) is 2.88. The number of para-hydroxylation sites is 1. The highest BCUT2D eigenvalue weighted by molar-refractivity contribution is 7.80. The van der Waals surface area contributed by atoms with Gasteiger partial charge in [-0.3, -0.25) is 14.6 Å². The van der Waals surface area contributed by atoms with Gasteiger partial charge in [0.2, 0.25) is 0 Å². The minimum absolute atomic E-state index is 0.0343. The van der Waals surface area contributed by atoms with Crippen LogP contribution in [0.15, 0.2) is 82.7 Å². The van der Waals surface area contributed by atoms with Crippen LogP contribution in [-0.4, -0.2) is 30.1 Å². The maximum Gasteiger partial charge on any atom is 0.251 e. The van der Waals surface area contributed by atoms with Gasteiger partial charge in [0.1, 0.15) is 11.9 Å². The van der Waals surface area contributed by atoms with E-state index in [-0.39, 0.29) is 18.4 Å². The van der Waals surface area contributed by atoms with E-state index in [1.165, 1.54) is 6.07 Å². The lowest BCUT2D eigenvalue weighted by molar-refractivity contribution is -0.117. The second kappa shape index (κ2) is 8.51. The van der Waals surface area contributed by atoms with Crippen molar-refractivity contribution in [3.63, 3.8) is 0 Å². The Balaban J connectivity index is 1.66. The van der Waals surface area contributed by atoms with Crippen LogP contribution in [0.25, 0.3) is 0 Å². The van der Waals surface area contributed by atoms with Gasteiger partial charge >= 0.3 is 0 Å². The number of aliphatic imine (C=N–C) groups is 1. The molecule has 3 aromatic carbocycles. The van der Waals surface area contributed by atoms with Gasteiger partial charge in [-0.25, -0.2) is 4.39 Å². The number of anilines is 1. The summed E-state index contributed by atoms with van der Waals surface area (Å²) in [6, 6.07) is 19.2. The number of carbonyl (C=O) groups is 2. The Bertz CT molecular complexity index is 1160. The van der Waals surface area contributed by atoms with Crippen LogP contribution in [0.5, 0.6) is 0 Å². The molecule has 5 nitrogen and oxygen atoms in total. The molecule has 1 atom stereocenters. The molecule has 1 aliphatic heterocycles. The standard InChI is InChI=1S/C23H18FN3O2S/c24-18-10-3-1-8-16(18)21-17-9-2-4-11-19(17)27-23(29)20(26-21)13-25-22(28)14-6-5-7-15(30)12-14/h1-12,20,30H,13H2,(H,25,28)(H,27,29). The van der Waals surface area contributed by atoms with Gasteiger partial charge in [-0.1, -0.05) is 36.4 Å². The second-order valence-corrected chi connectivity index (χ2v) is 7.28.